The summed E-state index contributed by atoms with van der Waals surface area (Å²) < 4.78 is 0. The smallest absolute Gasteiger partial charge is 0.204 e. The van der Waals surface area contributed by atoms with Crippen molar-refractivity contribution in [2.45, 2.75) is 47.0 Å². The number of rotatable bonds is 3. The van der Waals surface area contributed by atoms with E-state index in [9.17, 15) is 10.1 Å². The second kappa shape index (κ2) is 5.98. The molecule has 0 spiro atoms. The van der Waals surface area contributed by atoms with Crippen molar-refractivity contribution in [2.24, 2.45) is 10.5 Å². The van der Waals surface area contributed by atoms with Crippen molar-refractivity contribution >= 4 is 17.3 Å². The molecule has 0 aliphatic heterocycles. The molecule has 0 atom stereocenters. The molecule has 0 aromatic carbocycles. The van der Waals surface area contributed by atoms with Crippen LogP contribution < -0.4 is 5.43 Å². The fraction of sp³-hybridized carbons (Fsp3) is 0.533. The maximum Gasteiger partial charge on any atom is 0.204 e. The first-order valence-corrected chi connectivity index (χ1v) is 6.80. The number of ketones is 1. The van der Waals surface area contributed by atoms with Gasteiger partial charge in [-0.25, -0.2) is 0 Å². The number of hydrogen-bond donors (Lipinski definition) is 2. The van der Waals surface area contributed by atoms with E-state index in [2.05, 4.69) is 26.8 Å². The summed E-state index contributed by atoms with van der Waals surface area (Å²) in [4.78, 5) is 12.0. The highest BCUT2D eigenvalue weighted by molar-refractivity contribution is 6.47. The van der Waals surface area contributed by atoms with Gasteiger partial charge in [0, 0.05) is 10.8 Å². The van der Waals surface area contributed by atoms with Gasteiger partial charge in [-0.05, 0) is 0 Å². The summed E-state index contributed by atoms with van der Waals surface area (Å²) in [5, 5.41) is 28.9. The first kappa shape index (κ1) is 17.4. The molecule has 0 amide bonds. The van der Waals surface area contributed by atoms with E-state index in [0.717, 1.165) is 0 Å². The van der Waals surface area contributed by atoms with Crippen LogP contribution in [0.4, 0.5) is 5.82 Å². The van der Waals surface area contributed by atoms with Gasteiger partial charge in [-0.2, -0.15) is 20.7 Å². The molecular weight excluding hydrogens is 280 g/mol. The number of nitrogens with zero attached hydrogens (tertiary/aromatic N) is 4. The van der Waals surface area contributed by atoms with Crippen LogP contribution in [0.15, 0.2) is 5.10 Å². The minimum absolute atomic E-state index is 0.196. The van der Waals surface area contributed by atoms with E-state index in [-0.39, 0.29) is 22.7 Å². The Bertz CT molecular complexity index is 686. The van der Waals surface area contributed by atoms with Crippen molar-refractivity contribution in [2.75, 3.05) is 5.43 Å². The molecule has 0 saturated carbocycles. The number of aromatic nitrogens is 2. The third-order valence-corrected chi connectivity index (χ3v) is 2.90. The lowest BCUT2D eigenvalue weighted by Gasteiger charge is -2.16. The topological polar surface area (TPSA) is 118 Å². The molecular formula is C15H20N6O. The van der Waals surface area contributed by atoms with Crippen molar-refractivity contribution in [1.29, 1.82) is 10.5 Å². The molecule has 0 unspecified atom stereocenters. The minimum atomic E-state index is -0.712. The van der Waals surface area contributed by atoms with Crippen LogP contribution in [-0.4, -0.2) is 21.7 Å². The highest BCUT2D eigenvalue weighted by Gasteiger charge is 2.27. The Hall–Kier alpha value is -2.67. The molecule has 1 aromatic heterocycles. The van der Waals surface area contributed by atoms with Crippen LogP contribution in [-0.2, 0) is 10.2 Å². The van der Waals surface area contributed by atoms with Crippen molar-refractivity contribution in [3.05, 3.63) is 11.3 Å². The van der Waals surface area contributed by atoms with Gasteiger partial charge in [-0.1, -0.05) is 41.5 Å². The van der Waals surface area contributed by atoms with Crippen LogP contribution in [0.5, 0.6) is 0 Å². The van der Waals surface area contributed by atoms with Gasteiger partial charge >= 0.3 is 0 Å². The monoisotopic (exact) mass is 300 g/mol. The number of nitriles is 2. The lowest BCUT2D eigenvalue weighted by molar-refractivity contribution is -0.119. The molecule has 1 heterocycles. The summed E-state index contributed by atoms with van der Waals surface area (Å²) in [6.07, 6.45) is 0. The van der Waals surface area contributed by atoms with Crippen LogP contribution in [0.25, 0.3) is 0 Å². The molecule has 116 valence electrons. The van der Waals surface area contributed by atoms with Crippen molar-refractivity contribution in [1.82, 2.24) is 10.2 Å². The van der Waals surface area contributed by atoms with E-state index in [0.29, 0.717) is 11.3 Å². The molecule has 22 heavy (non-hydrogen) atoms. The summed E-state index contributed by atoms with van der Waals surface area (Å²) in [5.41, 5.74) is 2.26. The van der Waals surface area contributed by atoms with Gasteiger partial charge in [0.2, 0.25) is 5.71 Å². The summed E-state index contributed by atoms with van der Waals surface area (Å²) in [6.45, 7) is 10.9. The Balaban J connectivity index is 3.14. The third-order valence-electron chi connectivity index (χ3n) is 2.90. The second-order valence-corrected chi connectivity index (χ2v) is 6.95. The van der Waals surface area contributed by atoms with E-state index >= 15 is 0 Å². The van der Waals surface area contributed by atoms with Gasteiger partial charge in [-0.15, -0.1) is 0 Å². The molecule has 0 aliphatic rings. The molecule has 0 fully saturated rings. The lowest BCUT2D eigenvalue weighted by atomic mass is 9.88. The first-order valence-electron chi connectivity index (χ1n) is 6.80. The van der Waals surface area contributed by atoms with Crippen LogP contribution in [0.2, 0.25) is 0 Å². The van der Waals surface area contributed by atoms with Gasteiger partial charge in [0.1, 0.15) is 17.7 Å². The zero-order valence-corrected chi connectivity index (χ0v) is 13.7. The number of carbonyl (C=O) groups is 1. The Morgan fingerprint density at radius 3 is 2.23 bits per heavy atom. The van der Waals surface area contributed by atoms with Gasteiger partial charge in [0.15, 0.2) is 11.6 Å². The number of H-pyrrole nitrogens is 1. The Morgan fingerprint density at radius 2 is 1.82 bits per heavy atom. The average Bonchev–Trinajstić information content (AvgIpc) is 2.81. The second-order valence-electron chi connectivity index (χ2n) is 6.95. The summed E-state index contributed by atoms with van der Waals surface area (Å²) >= 11 is 0. The Morgan fingerprint density at radius 1 is 1.23 bits per heavy atom. The number of aromatic amines is 1. The number of Topliss-reactive ketones (excluding diaryl/α,β-unsaturated/α-hetero) is 1. The van der Waals surface area contributed by atoms with Crippen molar-refractivity contribution in [3.63, 3.8) is 0 Å². The SMILES string of the molecule is CC(C)(C)C(=O)C(C#N)=NNc1n[nH]c(C(C)(C)C)c1C#N. The fourth-order valence-electron chi connectivity index (χ4n) is 1.67. The summed E-state index contributed by atoms with van der Waals surface area (Å²) in [5.74, 6) is -0.186. The fourth-order valence-corrected chi connectivity index (χ4v) is 1.67. The zero-order chi connectivity index (χ0) is 17.1. The molecule has 0 saturated heterocycles. The highest BCUT2D eigenvalue weighted by Crippen LogP contribution is 2.27. The van der Waals surface area contributed by atoms with Crippen LogP contribution in [0.1, 0.15) is 52.8 Å². The number of carbonyl (C=O) groups excluding carboxylic acids is 1. The van der Waals surface area contributed by atoms with Crippen LogP contribution in [0, 0.1) is 28.1 Å². The molecule has 0 bridgehead atoms. The normalized spacial score (nSPS) is 12.5. The molecule has 1 rings (SSSR count). The highest BCUT2D eigenvalue weighted by atomic mass is 16.1. The lowest BCUT2D eigenvalue weighted by Crippen LogP contribution is -2.28. The number of anilines is 1. The standard InChI is InChI=1S/C15H20N6O/c1-14(2,3)11-9(7-16)13(21-19-11)20-18-10(8-17)12(22)15(4,5)6/h1-6H3,(H2,19,20,21). The number of hydrazone groups is 1. The van der Waals surface area contributed by atoms with E-state index < -0.39 is 5.41 Å². The van der Waals surface area contributed by atoms with E-state index in [1.54, 1.807) is 26.8 Å². The van der Waals surface area contributed by atoms with E-state index in [1.807, 2.05) is 20.8 Å². The molecule has 7 nitrogen and oxygen atoms in total. The predicted molar refractivity (Wildman–Crippen MR) is 83.1 cm³/mol. The minimum Gasteiger partial charge on any atom is -0.291 e. The zero-order valence-electron chi connectivity index (χ0n) is 13.7. The predicted octanol–water partition coefficient (Wildman–Crippen LogP) is 2.49. The molecule has 0 radical (unpaired) electrons. The van der Waals surface area contributed by atoms with Gasteiger partial charge in [-0.3, -0.25) is 15.3 Å². The van der Waals surface area contributed by atoms with Gasteiger partial charge < -0.3 is 0 Å². The maximum absolute atomic E-state index is 12.0. The molecule has 1 aromatic rings. The van der Waals surface area contributed by atoms with E-state index in [1.165, 1.54) is 0 Å². The largest absolute Gasteiger partial charge is 0.291 e. The van der Waals surface area contributed by atoms with Crippen LogP contribution in [0.3, 0.4) is 0 Å². The van der Waals surface area contributed by atoms with Crippen molar-refractivity contribution in [3.8, 4) is 12.1 Å². The summed E-state index contributed by atoms with van der Waals surface area (Å²) in [7, 11) is 0. The Labute approximate surface area is 130 Å². The van der Waals surface area contributed by atoms with E-state index in [4.69, 9.17) is 5.26 Å². The molecule has 2 N–H and O–H groups in total. The summed E-state index contributed by atoms with van der Waals surface area (Å²) in [6, 6.07) is 3.83. The number of nitrogens with one attached hydrogen (secondary N) is 2. The molecule has 0 aliphatic carbocycles. The average molecular weight is 300 g/mol. The third kappa shape index (κ3) is 3.70. The maximum atomic E-state index is 12.0. The van der Waals surface area contributed by atoms with Gasteiger partial charge in [0.25, 0.3) is 0 Å². The molecule has 7 heteroatoms. The van der Waals surface area contributed by atoms with Crippen LogP contribution >= 0.6 is 0 Å². The Kier molecular flexibility index (Phi) is 4.73. The quantitative estimate of drug-likeness (QED) is 0.656. The number of hydrogen-bond acceptors (Lipinski definition) is 6. The van der Waals surface area contributed by atoms with Crippen molar-refractivity contribution < 1.29 is 4.79 Å². The van der Waals surface area contributed by atoms with Gasteiger partial charge in [0.05, 0.1) is 5.69 Å². The first-order chi connectivity index (χ1) is 10.0.